The summed E-state index contributed by atoms with van der Waals surface area (Å²) < 4.78 is 0. The molecule has 0 heterocycles. The van der Waals surface area contributed by atoms with Crippen LogP contribution in [0.4, 0.5) is 0 Å². The van der Waals surface area contributed by atoms with Crippen LogP contribution in [-0.4, -0.2) is 13.3 Å². The zero-order valence-electron chi connectivity index (χ0n) is 11.1. The molecule has 1 aromatic rings. The maximum atomic E-state index is 2.43. The van der Waals surface area contributed by atoms with E-state index in [1.165, 1.54) is 34.2 Å². The van der Waals surface area contributed by atoms with Crippen LogP contribution in [0.2, 0.25) is 21.0 Å². The van der Waals surface area contributed by atoms with Gasteiger partial charge in [0.05, 0.1) is 0 Å². The molecule has 0 aromatic heterocycles. The third kappa shape index (κ3) is 3.97. The third-order valence-electron chi connectivity index (χ3n) is 4.27. The Morgan fingerprint density at radius 1 is 0.875 bits per heavy atom. The van der Waals surface area contributed by atoms with Crippen molar-refractivity contribution in [3.05, 3.63) is 35.9 Å². The molecule has 0 saturated heterocycles. The van der Waals surface area contributed by atoms with Gasteiger partial charge in [0.1, 0.15) is 0 Å². The fourth-order valence-electron chi connectivity index (χ4n) is 2.59. The molecule has 0 saturated carbocycles. The summed E-state index contributed by atoms with van der Waals surface area (Å²) in [7, 11) is 0. The van der Waals surface area contributed by atoms with Crippen molar-refractivity contribution in [2.45, 2.75) is 54.6 Å². The summed E-state index contributed by atoms with van der Waals surface area (Å²) in [5, 5.41) is 6.11. The number of rotatable bonds is 7. The van der Waals surface area contributed by atoms with Crippen LogP contribution in [0.25, 0.3) is 0 Å². The normalized spacial score (nSPS) is 11.7. The van der Waals surface area contributed by atoms with Crippen LogP contribution in [0, 0.1) is 0 Å². The first-order valence-electron chi connectivity index (χ1n) is 6.80. The summed E-state index contributed by atoms with van der Waals surface area (Å²) in [6, 6.07) is 10.9. The van der Waals surface area contributed by atoms with Crippen molar-refractivity contribution in [1.29, 1.82) is 0 Å². The predicted octanol–water partition coefficient (Wildman–Crippen LogP) is 5.13. The summed E-state index contributed by atoms with van der Waals surface area (Å²) in [5.41, 5.74) is 1.52. The average Bonchev–Trinajstić information content (AvgIpc) is 2.37. The molecule has 90 valence electrons. The van der Waals surface area contributed by atoms with Crippen molar-refractivity contribution in [3.63, 3.8) is 0 Å². The Bertz CT molecular complexity index is 266. The monoisotopic (exact) mass is 280 g/mol. The number of aryl methyl sites for hydroxylation is 1. The first-order chi connectivity index (χ1) is 7.76. The van der Waals surface area contributed by atoms with E-state index in [9.17, 15) is 0 Å². The summed E-state index contributed by atoms with van der Waals surface area (Å²) in [6.45, 7) is 7.28. The molecule has 0 fully saturated rings. The van der Waals surface area contributed by atoms with Gasteiger partial charge < -0.3 is 0 Å². The van der Waals surface area contributed by atoms with Gasteiger partial charge in [-0.1, -0.05) is 0 Å². The van der Waals surface area contributed by atoms with E-state index >= 15 is 0 Å². The Hall–Kier alpha value is -0.237. The molecular formula is C15H26Ge. The minimum absolute atomic E-state index is 1.29. The van der Waals surface area contributed by atoms with E-state index in [1.54, 1.807) is 5.25 Å². The Morgan fingerprint density at radius 2 is 1.44 bits per heavy atom. The van der Waals surface area contributed by atoms with Crippen LogP contribution < -0.4 is 0 Å². The van der Waals surface area contributed by atoms with Crippen molar-refractivity contribution in [3.8, 4) is 0 Å². The average molecular weight is 279 g/mol. The zero-order valence-corrected chi connectivity index (χ0v) is 13.2. The molecule has 1 rings (SSSR count). The molecule has 0 N–H and O–H groups in total. The molecule has 16 heavy (non-hydrogen) atoms. The second-order valence-corrected chi connectivity index (χ2v) is 16.7. The Labute approximate surface area is 104 Å². The van der Waals surface area contributed by atoms with Gasteiger partial charge in [0, 0.05) is 0 Å². The summed E-state index contributed by atoms with van der Waals surface area (Å²) in [5.74, 6) is 0. The Kier molecular flexibility index (Phi) is 6.19. The molecule has 0 bridgehead atoms. The maximum absolute atomic E-state index is 2.43. The van der Waals surface area contributed by atoms with Crippen LogP contribution in [0.1, 0.15) is 32.8 Å². The minimum atomic E-state index is -1.39. The van der Waals surface area contributed by atoms with Crippen LogP contribution in [0.5, 0.6) is 0 Å². The van der Waals surface area contributed by atoms with Gasteiger partial charge in [0.15, 0.2) is 0 Å². The van der Waals surface area contributed by atoms with E-state index < -0.39 is 13.3 Å². The van der Waals surface area contributed by atoms with Crippen molar-refractivity contribution >= 4 is 13.3 Å². The van der Waals surface area contributed by atoms with Gasteiger partial charge in [-0.25, -0.2) is 0 Å². The molecule has 0 aliphatic rings. The van der Waals surface area contributed by atoms with Crippen molar-refractivity contribution in [2.24, 2.45) is 0 Å². The third-order valence-corrected chi connectivity index (χ3v) is 16.7. The summed E-state index contributed by atoms with van der Waals surface area (Å²) >= 11 is -1.39. The molecule has 0 amide bonds. The number of hydrogen-bond donors (Lipinski definition) is 0. The summed E-state index contributed by atoms with van der Waals surface area (Å²) in [4.78, 5) is 0. The van der Waals surface area contributed by atoms with Gasteiger partial charge in [0.2, 0.25) is 0 Å². The standard InChI is InChI=1S/C15H26Ge/c1-4-16(5-2,6-3)14-10-13-15-11-8-7-9-12-15/h7-9,11-12H,4-6,10,13-14H2,1-3H3. The molecule has 1 heteroatoms. The fraction of sp³-hybridized carbons (Fsp3) is 0.600. The zero-order chi connectivity index (χ0) is 11.9. The van der Waals surface area contributed by atoms with Gasteiger partial charge in [-0.3, -0.25) is 0 Å². The molecule has 0 nitrogen and oxygen atoms in total. The van der Waals surface area contributed by atoms with Crippen LogP contribution in [0.3, 0.4) is 0 Å². The Morgan fingerprint density at radius 3 is 1.94 bits per heavy atom. The van der Waals surface area contributed by atoms with Crippen LogP contribution in [-0.2, 0) is 6.42 Å². The van der Waals surface area contributed by atoms with E-state index in [1.807, 2.05) is 0 Å². The van der Waals surface area contributed by atoms with Gasteiger partial charge in [-0.15, -0.1) is 0 Å². The second kappa shape index (κ2) is 7.16. The SMILES string of the molecule is C[CH2][Ge]([CH2]C)([CH2]C)[CH2]CCc1ccccc1. The van der Waals surface area contributed by atoms with Gasteiger partial charge in [-0.05, 0) is 0 Å². The van der Waals surface area contributed by atoms with Gasteiger partial charge in [-0.2, -0.15) is 0 Å². The predicted molar refractivity (Wildman–Crippen MR) is 76.8 cm³/mol. The van der Waals surface area contributed by atoms with Gasteiger partial charge in [0.25, 0.3) is 0 Å². The molecule has 0 atom stereocenters. The van der Waals surface area contributed by atoms with E-state index in [2.05, 4.69) is 51.1 Å². The molecule has 0 radical (unpaired) electrons. The first-order valence-corrected chi connectivity index (χ1v) is 12.7. The number of hydrogen-bond acceptors (Lipinski definition) is 0. The van der Waals surface area contributed by atoms with E-state index in [-0.39, 0.29) is 0 Å². The second-order valence-electron chi connectivity index (χ2n) is 4.90. The van der Waals surface area contributed by atoms with Crippen molar-refractivity contribution in [2.75, 3.05) is 0 Å². The quantitative estimate of drug-likeness (QED) is 0.607. The molecule has 0 aliphatic carbocycles. The van der Waals surface area contributed by atoms with Gasteiger partial charge >= 0.3 is 104 Å². The van der Waals surface area contributed by atoms with E-state index in [0.717, 1.165) is 0 Å². The number of benzene rings is 1. The van der Waals surface area contributed by atoms with Crippen LogP contribution in [0.15, 0.2) is 30.3 Å². The van der Waals surface area contributed by atoms with Crippen LogP contribution >= 0.6 is 0 Å². The molecule has 0 aliphatic heterocycles. The van der Waals surface area contributed by atoms with Crippen molar-refractivity contribution in [1.82, 2.24) is 0 Å². The van der Waals surface area contributed by atoms with E-state index in [0.29, 0.717) is 0 Å². The molecule has 0 spiro atoms. The molecule has 1 aromatic carbocycles. The first kappa shape index (κ1) is 13.8. The molecule has 0 unspecified atom stereocenters. The molecular weight excluding hydrogens is 253 g/mol. The Balaban J connectivity index is 2.39. The fourth-order valence-corrected chi connectivity index (χ4v) is 9.91. The van der Waals surface area contributed by atoms with E-state index in [4.69, 9.17) is 0 Å². The summed E-state index contributed by atoms with van der Waals surface area (Å²) in [6.07, 6.45) is 2.70. The van der Waals surface area contributed by atoms with Crippen molar-refractivity contribution < 1.29 is 0 Å². The topological polar surface area (TPSA) is 0 Å².